The molecule has 0 spiro atoms. The number of benzene rings is 3. The van der Waals surface area contributed by atoms with E-state index >= 15 is 0 Å². The van der Waals surface area contributed by atoms with E-state index in [0.717, 1.165) is 33.4 Å². The lowest BCUT2D eigenvalue weighted by Gasteiger charge is -2.08. The number of nitrogens with zero attached hydrogens (tertiary/aromatic N) is 3. The second-order valence-electron chi connectivity index (χ2n) is 6.93. The Morgan fingerprint density at radius 2 is 1.55 bits per heavy atom. The second-order valence-corrected chi connectivity index (χ2v) is 6.93. The minimum absolute atomic E-state index is 0.0271. The summed E-state index contributed by atoms with van der Waals surface area (Å²) in [6, 6.07) is 19.2. The molecular weight excluding hydrogens is 370 g/mol. The van der Waals surface area contributed by atoms with Gasteiger partial charge in [0.05, 0.1) is 11.4 Å². The lowest BCUT2D eigenvalue weighted by molar-refractivity contribution is 0.585. The van der Waals surface area contributed by atoms with Crippen molar-refractivity contribution < 1.29 is 8.78 Å². The van der Waals surface area contributed by atoms with Gasteiger partial charge in [0.1, 0.15) is 11.6 Å². The highest BCUT2D eigenvalue weighted by Crippen LogP contribution is 2.33. The molecule has 2 aromatic heterocycles. The lowest BCUT2D eigenvalue weighted by Crippen LogP contribution is -2.00. The van der Waals surface area contributed by atoms with Gasteiger partial charge in [-0.2, -0.15) is 0 Å². The fraction of sp³-hybridized carbons (Fsp3) is 0.0435. The summed E-state index contributed by atoms with van der Waals surface area (Å²) in [4.78, 5) is 8.47. The first-order valence-corrected chi connectivity index (χ1v) is 9.09. The van der Waals surface area contributed by atoms with Crippen LogP contribution in [-0.4, -0.2) is 14.5 Å². The number of nitrogen functional groups attached to an aromatic ring is 1. The van der Waals surface area contributed by atoms with E-state index in [-0.39, 0.29) is 11.5 Å². The fourth-order valence-electron chi connectivity index (χ4n) is 3.78. The van der Waals surface area contributed by atoms with E-state index in [0.29, 0.717) is 11.4 Å². The molecule has 6 heteroatoms. The van der Waals surface area contributed by atoms with Gasteiger partial charge in [-0.05, 0) is 36.4 Å². The van der Waals surface area contributed by atoms with Crippen molar-refractivity contribution in [3.05, 3.63) is 78.4 Å². The lowest BCUT2D eigenvalue weighted by atomic mass is 10.0. The van der Waals surface area contributed by atoms with Gasteiger partial charge in [0, 0.05) is 46.0 Å². The van der Waals surface area contributed by atoms with Gasteiger partial charge < -0.3 is 10.3 Å². The zero-order valence-electron chi connectivity index (χ0n) is 15.5. The van der Waals surface area contributed by atoms with Gasteiger partial charge in [0.25, 0.3) is 0 Å². The minimum Gasteiger partial charge on any atom is -0.368 e. The van der Waals surface area contributed by atoms with Crippen molar-refractivity contribution in [3.63, 3.8) is 0 Å². The fourth-order valence-corrected chi connectivity index (χ4v) is 3.78. The summed E-state index contributed by atoms with van der Waals surface area (Å²) in [5, 5.41) is 2.23. The van der Waals surface area contributed by atoms with Crippen molar-refractivity contribution in [2.75, 3.05) is 5.73 Å². The predicted octanol–water partition coefficient (Wildman–Crippen LogP) is 5.32. The molecule has 0 aliphatic rings. The van der Waals surface area contributed by atoms with Crippen LogP contribution in [0.4, 0.5) is 14.7 Å². The first-order chi connectivity index (χ1) is 14.0. The van der Waals surface area contributed by atoms with Gasteiger partial charge in [-0.3, -0.25) is 0 Å². The average molecular weight is 386 g/mol. The molecule has 0 unspecified atom stereocenters. The average Bonchev–Trinajstić information content (AvgIpc) is 3.00. The Balaban J connectivity index is 1.70. The monoisotopic (exact) mass is 386 g/mol. The summed E-state index contributed by atoms with van der Waals surface area (Å²) in [5.74, 6) is -1.31. The molecule has 0 aliphatic heterocycles. The number of para-hydroxylation sites is 1. The maximum absolute atomic E-state index is 14.2. The SMILES string of the molecule is Cn1c2ccccc2c2cc(-c3cc(-c4ccc(F)cc4F)nc(N)n3)ccc21. The molecule has 5 rings (SSSR count). The van der Waals surface area contributed by atoms with Crippen LogP contribution in [0.15, 0.2) is 66.7 Å². The van der Waals surface area contributed by atoms with Crippen LogP contribution >= 0.6 is 0 Å². The van der Waals surface area contributed by atoms with Crippen LogP contribution in [0.2, 0.25) is 0 Å². The number of fused-ring (bicyclic) bond motifs is 3. The van der Waals surface area contributed by atoms with Crippen molar-refractivity contribution in [2.45, 2.75) is 0 Å². The molecule has 0 saturated heterocycles. The Morgan fingerprint density at radius 3 is 2.38 bits per heavy atom. The third-order valence-corrected chi connectivity index (χ3v) is 5.16. The van der Waals surface area contributed by atoms with E-state index in [1.54, 1.807) is 6.07 Å². The molecule has 0 fully saturated rings. The topological polar surface area (TPSA) is 56.7 Å². The molecule has 2 heterocycles. The standard InChI is InChI=1S/C23H16F2N4/c1-29-21-5-3-2-4-15(21)17-10-13(6-9-22(17)29)19-12-20(28-23(26)27-19)16-8-7-14(24)11-18(16)25/h2-12H,1H3,(H2,26,27,28). The zero-order valence-corrected chi connectivity index (χ0v) is 15.5. The molecule has 0 radical (unpaired) electrons. The van der Waals surface area contributed by atoms with Gasteiger partial charge in [0.15, 0.2) is 0 Å². The normalized spacial score (nSPS) is 11.4. The Bertz CT molecular complexity index is 1410. The van der Waals surface area contributed by atoms with E-state index < -0.39 is 11.6 Å². The molecule has 0 saturated carbocycles. The number of aryl methyl sites for hydroxylation is 1. The van der Waals surface area contributed by atoms with Gasteiger partial charge in [-0.15, -0.1) is 0 Å². The third kappa shape index (κ3) is 2.81. The molecule has 4 nitrogen and oxygen atoms in total. The van der Waals surface area contributed by atoms with Crippen LogP contribution in [0.1, 0.15) is 0 Å². The van der Waals surface area contributed by atoms with Crippen molar-refractivity contribution >= 4 is 27.8 Å². The van der Waals surface area contributed by atoms with Crippen molar-refractivity contribution in [2.24, 2.45) is 7.05 Å². The number of hydrogen-bond acceptors (Lipinski definition) is 3. The Kier molecular flexibility index (Phi) is 3.81. The summed E-state index contributed by atoms with van der Waals surface area (Å²) in [6.45, 7) is 0. The maximum atomic E-state index is 14.2. The highest BCUT2D eigenvalue weighted by atomic mass is 19.1. The molecular formula is C23H16F2N4. The van der Waals surface area contributed by atoms with E-state index in [1.807, 2.05) is 37.4 Å². The highest BCUT2D eigenvalue weighted by Gasteiger charge is 2.14. The number of rotatable bonds is 2. The van der Waals surface area contributed by atoms with E-state index in [9.17, 15) is 8.78 Å². The molecule has 0 amide bonds. The zero-order chi connectivity index (χ0) is 20.1. The van der Waals surface area contributed by atoms with Crippen LogP contribution in [-0.2, 0) is 7.05 Å². The molecule has 5 aromatic rings. The van der Waals surface area contributed by atoms with Crippen LogP contribution in [0.3, 0.4) is 0 Å². The predicted molar refractivity (Wildman–Crippen MR) is 111 cm³/mol. The van der Waals surface area contributed by atoms with Gasteiger partial charge in [0.2, 0.25) is 5.95 Å². The molecule has 0 atom stereocenters. The van der Waals surface area contributed by atoms with Gasteiger partial charge in [-0.25, -0.2) is 18.7 Å². The summed E-state index contributed by atoms with van der Waals surface area (Å²) in [7, 11) is 2.03. The minimum atomic E-state index is -0.696. The second kappa shape index (κ2) is 6.38. The van der Waals surface area contributed by atoms with E-state index in [1.165, 1.54) is 12.1 Å². The number of hydrogen-bond donors (Lipinski definition) is 1. The first kappa shape index (κ1) is 17.3. The summed E-state index contributed by atoms with van der Waals surface area (Å²) in [6.07, 6.45) is 0. The van der Waals surface area contributed by atoms with Crippen molar-refractivity contribution in [1.82, 2.24) is 14.5 Å². The van der Waals surface area contributed by atoms with Gasteiger partial charge >= 0.3 is 0 Å². The number of anilines is 1. The van der Waals surface area contributed by atoms with Crippen LogP contribution in [0, 0.1) is 11.6 Å². The number of nitrogens with two attached hydrogens (primary N) is 1. The first-order valence-electron chi connectivity index (χ1n) is 9.09. The molecule has 2 N–H and O–H groups in total. The number of halogens is 2. The molecule has 142 valence electrons. The highest BCUT2D eigenvalue weighted by molar-refractivity contribution is 6.09. The Hall–Kier alpha value is -3.80. The number of aromatic nitrogens is 3. The van der Waals surface area contributed by atoms with E-state index in [2.05, 4.69) is 26.7 Å². The van der Waals surface area contributed by atoms with Crippen molar-refractivity contribution in [1.29, 1.82) is 0 Å². The summed E-state index contributed by atoms with van der Waals surface area (Å²) >= 11 is 0. The molecule has 0 aliphatic carbocycles. The summed E-state index contributed by atoms with van der Waals surface area (Å²) < 4.78 is 29.6. The Labute approximate surface area is 165 Å². The Morgan fingerprint density at radius 1 is 0.793 bits per heavy atom. The maximum Gasteiger partial charge on any atom is 0.221 e. The molecule has 29 heavy (non-hydrogen) atoms. The third-order valence-electron chi connectivity index (χ3n) is 5.16. The van der Waals surface area contributed by atoms with Crippen LogP contribution in [0.25, 0.3) is 44.3 Å². The van der Waals surface area contributed by atoms with Crippen LogP contribution in [0.5, 0.6) is 0 Å². The quantitative estimate of drug-likeness (QED) is 0.447. The summed E-state index contributed by atoms with van der Waals surface area (Å²) in [5.41, 5.74) is 10.0. The molecule has 3 aromatic carbocycles. The van der Waals surface area contributed by atoms with Gasteiger partial charge in [-0.1, -0.05) is 24.3 Å². The van der Waals surface area contributed by atoms with Crippen LogP contribution < -0.4 is 5.73 Å². The van der Waals surface area contributed by atoms with Crippen molar-refractivity contribution in [3.8, 4) is 22.5 Å². The molecule has 0 bridgehead atoms. The largest absolute Gasteiger partial charge is 0.368 e. The smallest absolute Gasteiger partial charge is 0.221 e. The van der Waals surface area contributed by atoms with E-state index in [4.69, 9.17) is 5.73 Å².